The number of hydrogen-bond donors (Lipinski definition) is 1. The molecule has 0 saturated heterocycles. The highest BCUT2D eigenvalue weighted by molar-refractivity contribution is 5.97. The zero-order valence-electron chi connectivity index (χ0n) is 16.4. The number of benzene rings is 1. The number of pyridine rings is 1. The van der Waals surface area contributed by atoms with Crippen LogP contribution >= 0.6 is 0 Å². The summed E-state index contributed by atoms with van der Waals surface area (Å²) < 4.78 is 29.3. The SMILES string of the molecule is C[C@H](N1C(c2ccc(OC(F)F)cc2)=CCC(=O)N1c1cccnc1)C(C)(C)O. The number of aliphatic hydroxyl groups is 1. The standard InChI is InChI=1S/C21H23F2N3O3/c1-14(21(2,3)28)25-18(15-6-8-17(9-7-15)29-20(22)23)10-11-19(27)26(25)16-5-4-12-24-13-16/h4-10,12-14,20,28H,11H2,1-3H3/t14-/m0/s1. The Labute approximate surface area is 168 Å². The molecule has 8 heteroatoms. The average Bonchev–Trinajstić information content (AvgIpc) is 2.67. The van der Waals surface area contributed by atoms with Crippen molar-refractivity contribution in [2.75, 3.05) is 5.01 Å². The number of nitrogens with zero attached hydrogens (tertiary/aromatic N) is 3. The van der Waals surface area contributed by atoms with Crippen molar-refractivity contribution in [1.82, 2.24) is 9.99 Å². The fraction of sp³-hybridized carbons (Fsp3) is 0.333. The molecular formula is C21H23F2N3O3. The molecule has 0 aliphatic carbocycles. The maximum atomic E-state index is 12.8. The van der Waals surface area contributed by atoms with Gasteiger partial charge in [0.15, 0.2) is 0 Å². The zero-order valence-corrected chi connectivity index (χ0v) is 16.4. The highest BCUT2D eigenvalue weighted by Crippen LogP contribution is 2.35. The second-order valence-electron chi connectivity index (χ2n) is 7.29. The van der Waals surface area contributed by atoms with Crippen molar-refractivity contribution in [3.8, 4) is 5.75 Å². The Balaban J connectivity index is 2.05. The molecule has 0 fully saturated rings. The van der Waals surface area contributed by atoms with Crippen molar-refractivity contribution in [2.45, 2.75) is 45.4 Å². The lowest BCUT2D eigenvalue weighted by Gasteiger charge is -2.47. The summed E-state index contributed by atoms with van der Waals surface area (Å²) in [4.78, 5) is 16.9. The van der Waals surface area contributed by atoms with E-state index in [0.717, 1.165) is 0 Å². The van der Waals surface area contributed by atoms with E-state index in [2.05, 4.69) is 9.72 Å². The van der Waals surface area contributed by atoms with Crippen LogP contribution < -0.4 is 9.75 Å². The first kappa shape index (κ1) is 20.7. The van der Waals surface area contributed by atoms with E-state index in [-0.39, 0.29) is 18.1 Å². The number of hydrazine groups is 1. The molecule has 3 rings (SSSR count). The summed E-state index contributed by atoms with van der Waals surface area (Å²) >= 11 is 0. The molecule has 1 aliphatic rings. The van der Waals surface area contributed by atoms with Crippen LogP contribution in [0.15, 0.2) is 54.9 Å². The number of ether oxygens (including phenoxy) is 1. The molecule has 0 spiro atoms. The van der Waals surface area contributed by atoms with E-state index in [9.17, 15) is 18.7 Å². The predicted octanol–water partition coefficient (Wildman–Crippen LogP) is 3.84. The number of aromatic nitrogens is 1. The third-order valence-electron chi connectivity index (χ3n) is 4.82. The van der Waals surface area contributed by atoms with E-state index in [4.69, 9.17) is 0 Å². The molecule has 0 bridgehead atoms. The Morgan fingerprint density at radius 2 is 1.90 bits per heavy atom. The van der Waals surface area contributed by atoms with Gasteiger partial charge >= 0.3 is 6.61 Å². The van der Waals surface area contributed by atoms with Gasteiger partial charge in [0.1, 0.15) is 5.75 Å². The van der Waals surface area contributed by atoms with Gasteiger partial charge in [-0.1, -0.05) is 0 Å². The molecule has 0 radical (unpaired) electrons. The Bertz CT molecular complexity index is 880. The van der Waals surface area contributed by atoms with Gasteiger partial charge in [-0.05, 0) is 68.8 Å². The third kappa shape index (κ3) is 4.54. The van der Waals surface area contributed by atoms with Crippen LogP contribution in [-0.4, -0.2) is 39.3 Å². The summed E-state index contributed by atoms with van der Waals surface area (Å²) in [6.07, 6.45) is 5.10. The van der Waals surface area contributed by atoms with Crippen LogP contribution in [0.2, 0.25) is 0 Å². The van der Waals surface area contributed by atoms with Crippen molar-refractivity contribution in [2.24, 2.45) is 0 Å². The van der Waals surface area contributed by atoms with Crippen molar-refractivity contribution in [3.63, 3.8) is 0 Å². The fourth-order valence-corrected chi connectivity index (χ4v) is 3.08. The fourth-order valence-electron chi connectivity index (χ4n) is 3.08. The highest BCUT2D eigenvalue weighted by Gasteiger charge is 2.38. The Morgan fingerprint density at radius 3 is 2.45 bits per heavy atom. The van der Waals surface area contributed by atoms with Gasteiger partial charge in [0.25, 0.3) is 0 Å². The first-order valence-electron chi connectivity index (χ1n) is 9.18. The minimum atomic E-state index is -2.90. The molecule has 6 nitrogen and oxygen atoms in total. The summed E-state index contributed by atoms with van der Waals surface area (Å²) in [6, 6.07) is 9.17. The number of anilines is 1. The minimum absolute atomic E-state index is 0.0439. The van der Waals surface area contributed by atoms with Crippen molar-refractivity contribution in [1.29, 1.82) is 0 Å². The number of rotatable bonds is 6. The van der Waals surface area contributed by atoms with Crippen molar-refractivity contribution < 1.29 is 23.4 Å². The number of hydrogen-bond acceptors (Lipinski definition) is 5. The monoisotopic (exact) mass is 403 g/mol. The highest BCUT2D eigenvalue weighted by atomic mass is 19.3. The quantitative estimate of drug-likeness (QED) is 0.794. The first-order chi connectivity index (χ1) is 13.7. The normalized spacial score (nSPS) is 16.1. The van der Waals surface area contributed by atoms with E-state index in [1.54, 1.807) is 61.6 Å². The van der Waals surface area contributed by atoms with Crippen LogP contribution in [0.3, 0.4) is 0 Å². The summed E-state index contributed by atoms with van der Waals surface area (Å²) in [6.45, 7) is 2.23. The van der Waals surface area contributed by atoms with Gasteiger partial charge < -0.3 is 9.84 Å². The molecule has 1 aromatic heterocycles. The molecule has 0 saturated carbocycles. The summed E-state index contributed by atoms with van der Waals surface area (Å²) in [5.41, 5.74) is 0.795. The molecule has 29 heavy (non-hydrogen) atoms. The van der Waals surface area contributed by atoms with E-state index in [1.807, 2.05) is 6.92 Å². The molecule has 1 aromatic carbocycles. The summed E-state index contributed by atoms with van der Waals surface area (Å²) in [7, 11) is 0. The minimum Gasteiger partial charge on any atom is -0.435 e. The predicted molar refractivity (Wildman–Crippen MR) is 105 cm³/mol. The van der Waals surface area contributed by atoms with E-state index in [0.29, 0.717) is 16.9 Å². The Morgan fingerprint density at radius 1 is 1.21 bits per heavy atom. The number of halogens is 2. The maximum Gasteiger partial charge on any atom is 0.387 e. The smallest absolute Gasteiger partial charge is 0.387 e. The van der Waals surface area contributed by atoms with E-state index >= 15 is 0 Å². The third-order valence-corrected chi connectivity index (χ3v) is 4.82. The molecular weight excluding hydrogens is 380 g/mol. The van der Waals surface area contributed by atoms with Crippen LogP contribution in [0.25, 0.3) is 5.70 Å². The van der Waals surface area contributed by atoms with Gasteiger partial charge in [0.05, 0.1) is 29.2 Å². The molecule has 2 heterocycles. The van der Waals surface area contributed by atoms with Crippen LogP contribution in [0.5, 0.6) is 5.75 Å². The van der Waals surface area contributed by atoms with Gasteiger partial charge in [-0.3, -0.25) is 14.8 Å². The summed E-state index contributed by atoms with van der Waals surface area (Å²) in [5.74, 6) is -0.127. The van der Waals surface area contributed by atoms with Crippen molar-refractivity contribution in [3.05, 3.63) is 60.4 Å². The zero-order chi connectivity index (χ0) is 21.2. The molecule has 0 unspecified atom stereocenters. The Hall–Kier alpha value is -3.00. The average molecular weight is 403 g/mol. The van der Waals surface area contributed by atoms with Crippen LogP contribution in [0.1, 0.15) is 32.8 Å². The maximum absolute atomic E-state index is 12.8. The van der Waals surface area contributed by atoms with E-state index in [1.165, 1.54) is 17.1 Å². The lowest BCUT2D eigenvalue weighted by molar-refractivity contribution is -0.122. The molecule has 2 aromatic rings. The lowest BCUT2D eigenvalue weighted by atomic mass is 9.97. The van der Waals surface area contributed by atoms with Gasteiger partial charge in [-0.2, -0.15) is 8.78 Å². The molecule has 1 atom stereocenters. The van der Waals surface area contributed by atoms with Crippen LogP contribution in [0, 0.1) is 0 Å². The van der Waals surface area contributed by atoms with Gasteiger partial charge in [-0.15, -0.1) is 0 Å². The largest absolute Gasteiger partial charge is 0.435 e. The first-order valence-corrected chi connectivity index (χ1v) is 9.18. The van der Waals surface area contributed by atoms with Gasteiger partial charge in [0, 0.05) is 12.6 Å². The number of amides is 1. The lowest BCUT2D eigenvalue weighted by Crippen LogP contribution is -2.58. The molecule has 1 amide bonds. The number of alkyl halides is 2. The van der Waals surface area contributed by atoms with Gasteiger partial charge in [0.2, 0.25) is 5.91 Å². The van der Waals surface area contributed by atoms with E-state index < -0.39 is 18.3 Å². The molecule has 1 aliphatic heterocycles. The van der Waals surface area contributed by atoms with Gasteiger partial charge in [-0.25, -0.2) is 5.01 Å². The molecule has 154 valence electrons. The second kappa shape index (κ2) is 8.16. The number of carbonyl (C=O) groups is 1. The Kier molecular flexibility index (Phi) is 5.83. The molecule has 1 N–H and O–H groups in total. The number of carbonyl (C=O) groups excluding carboxylic acids is 1. The van der Waals surface area contributed by atoms with Crippen molar-refractivity contribution >= 4 is 17.3 Å². The topological polar surface area (TPSA) is 65.9 Å². The summed E-state index contributed by atoms with van der Waals surface area (Å²) in [5, 5.41) is 13.9. The van der Waals surface area contributed by atoms with Crippen LogP contribution in [-0.2, 0) is 4.79 Å². The van der Waals surface area contributed by atoms with Crippen LogP contribution in [0.4, 0.5) is 14.5 Å². The second-order valence-corrected chi connectivity index (χ2v) is 7.29.